The fourth-order valence-corrected chi connectivity index (χ4v) is 4.21. The van der Waals surface area contributed by atoms with Crippen LogP contribution in [0.2, 0.25) is 0 Å². The lowest BCUT2D eigenvalue weighted by atomic mass is 10.1. The normalized spacial score (nSPS) is 11.0. The molecule has 0 heterocycles. The molecule has 0 unspecified atom stereocenters. The van der Waals surface area contributed by atoms with Crippen LogP contribution in [0.3, 0.4) is 0 Å². The lowest BCUT2D eigenvalue weighted by Crippen LogP contribution is -2.17. The number of carbonyl (C=O) groups is 2. The number of Topliss-reactive ketones (excluding diaryl/α,β-unsaturated/α-hetero) is 1. The van der Waals surface area contributed by atoms with Crippen LogP contribution in [0.4, 0.5) is 11.4 Å². The molecule has 154 valence electrons. The quantitative estimate of drug-likeness (QED) is 0.570. The Morgan fingerprint density at radius 1 is 0.800 bits per heavy atom. The van der Waals surface area contributed by atoms with Crippen molar-refractivity contribution in [3.8, 4) is 0 Å². The molecular formula is C23H22N2O4S. The van der Waals surface area contributed by atoms with Gasteiger partial charge in [-0.2, -0.15) is 0 Å². The zero-order valence-electron chi connectivity index (χ0n) is 16.9. The van der Waals surface area contributed by atoms with Crippen molar-refractivity contribution in [3.63, 3.8) is 0 Å². The fraction of sp³-hybridized carbons (Fsp3) is 0.130. The lowest BCUT2D eigenvalue weighted by molar-refractivity contribution is 0.101. The van der Waals surface area contributed by atoms with Crippen LogP contribution in [0.5, 0.6) is 0 Å². The van der Waals surface area contributed by atoms with Gasteiger partial charge in [0.25, 0.3) is 15.9 Å². The van der Waals surface area contributed by atoms with Crippen LogP contribution in [0, 0.1) is 13.8 Å². The minimum Gasteiger partial charge on any atom is -0.322 e. The van der Waals surface area contributed by atoms with Crippen molar-refractivity contribution in [2.75, 3.05) is 10.0 Å². The first kappa shape index (κ1) is 21.3. The van der Waals surface area contributed by atoms with E-state index in [9.17, 15) is 18.0 Å². The van der Waals surface area contributed by atoms with E-state index in [-0.39, 0.29) is 16.2 Å². The summed E-state index contributed by atoms with van der Waals surface area (Å²) in [5.74, 6) is -0.584. The molecule has 0 atom stereocenters. The maximum absolute atomic E-state index is 12.9. The van der Waals surface area contributed by atoms with Crippen molar-refractivity contribution in [3.05, 3.63) is 89.0 Å². The molecule has 3 aromatic carbocycles. The van der Waals surface area contributed by atoms with Gasteiger partial charge in [-0.15, -0.1) is 0 Å². The topological polar surface area (TPSA) is 92.3 Å². The van der Waals surface area contributed by atoms with Crippen LogP contribution in [0.1, 0.15) is 38.8 Å². The molecule has 3 rings (SSSR count). The van der Waals surface area contributed by atoms with Crippen LogP contribution in [-0.2, 0) is 10.0 Å². The van der Waals surface area contributed by atoms with Crippen molar-refractivity contribution in [1.29, 1.82) is 0 Å². The highest BCUT2D eigenvalue weighted by atomic mass is 32.2. The van der Waals surface area contributed by atoms with Crippen LogP contribution in [0.25, 0.3) is 0 Å². The Morgan fingerprint density at radius 3 is 2.17 bits per heavy atom. The second-order valence-electron chi connectivity index (χ2n) is 7.04. The summed E-state index contributed by atoms with van der Waals surface area (Å²) in [7, 11) is -3.88. The molecule has 0 radical (unpaired) electrons. The first-order valence-electron chi connectivity index (χ1n) is 9.28. The summed E-state index contributed by atoms with van der Waals surface area (Å²) in [6.45, 7) is 5.03. The Kier molecular flexibility index (Phi) is 6.03. The molecule has 0 bridgehead atoms. The number of anilines is 2. The zero-order valence-corrected chi connectivity index (χ0v) is 17.7. The third-order valence-corrected chi connectivity index (χ3v) is 6.09. The van der Waals surface area contributed by atoms with Gasteiger partial charge in [0.1, 0.15) is 0 Å². The maximum Gasteiger partial charge on any atom is 0.262 e. The molecule has 6 nitrogen and oxygen atoms in total. The Labute approximate surface area is 176 Å². The number of nitrogens with one attached hydrogen (secondary N) is 2. The highest BCUT2D eigenvalue weighted by Crippen LogP contribution is 2.22. The molecule has 0 saturated heterocycles. The van der Waals surface area contributed by atoms with Gasteiger partial charge in [-0.05, 0) is 62.7 Å². The van der Waals surface area contributed by atoms with E-state index < -0.39 is 15.9 Å². The molecule has 1 amide bonds. The molecule has 7 heteroatoms. The molecule has 0 saturated carbocycles. The number of rotatable bonds is 6. The molecule has 0 aliphatic carbocycles. The highest BCUT2D eigenvalue weighted by Gasteiger charge is 2.19. The van der Waals surface area contributed by atoms with Crippen molar-refractivity contribution < 1.29 is 18.0 Å². The van der Waals surface area contributed by atoms with Crippen molar-refractivity contribution in [2.24, 2.45) is 0 Å². The summed E-state index contributed by atoms with van der Waals surface area (Å²) in [4.78, 5) is 24.2. The van der Waals surface area contributed by atoms with Gasteiger partial charge in [-0.25, -0.2) is 8.42 Å². The monoisotopic (exact) mass is 422 g/mol. The third-order valence-electron chi connectivity index (χ3n) is 4.57. The number of aryl methyl sites for hydroxylation is 2. The summed E-state index contributed by atoms with van der Waals surface area (Å²) in [6.07, 6.45) is 0. The molecular weight excluding hydrogens is 400 g/mol. The van der Waals surface area contributed by atoms with E-state index in [0.29, 0.717) is 22.5 Å². The minimum atomic E-state index is -3.88. The van der Waals surface area contributed by atoms with Crippen LogP contribution < -0.4 is 10.0 Å². The van der Waals surface area contributed by atoms with Crippen molar-refractivity contribution >= 4 is 33.1 Å². The molecule has 0 aliphatic heterocycles. The third kappa shape index (κ3) is 4.93. The van der Waals surface area contributed by atoms with Crippen LogP contribution in [0.15, 0.2) is 71.6 Å². The van der Waals surface area contributed by atoms with Gasteiger partial charge < -0.3 is 5.32 Å². The number of ketones is 1. The standard InChI is InChI=1S/C23H22N2O4S/c1-15-7-11-20(12-8-15)25-30(28,29)22-14-19(10-9-16(22)2)23(27)24-21-6-4-5-18(13-21)17(3)26/h4-14,25H,1-3H3,(H,24,27). The Bertz CT molecular complexity index is 1220. The predicted molar refractivity (Wildman–Crippen MR) is 118 cm³/mol. The Morgan fingerprint density at radius 2 is 1.50 bits per heavy atom. The number of carbonyl (C=O) groups excluding carboxylic acids is 2. The number of amides is 1. The van der Waals surface area contributed by atoms with Crippen LogP contribution >= 0.6 is 0 Å². The molecule has 0 spiro atoms. The predicted octanol–water partition coefficient (Wildman–Crippen LogP) is 4.56. The second-order valence-corrected chi connectivity index (χ2v) is 8.69. The number of hydrogen-bond donors (Lipinski definition) is 2. The van der Waals surface area contributed by atoms with E-state index in [2.05, 4.69) is 10.0 Å². The molecule has 30 heavy (non-hydrogen) atoms. The average Bonchev–Trinajstić information content (AvgIpc) is 2.70. The van der Waals surface area contributed by atoms with Crippen LogP contribution in [-0.4, -0.2) is 20.1 Å². The fourth-order valence-electron chi connectivity index (χ4n) is 2.88. The summed E-state index contributed by atoms with van der Waals surface area (Å²) in [5, 5.41) is 2.70. The molecule has 3 aromatic rings. The largest absolute Gasteiger partial charge is 0.322 e. The van der Waals surface area contributed by atoms with E-state index in [1.165, 1.54) is 13.0 Å². The summed E-state index contributed by atoms with van der Waals surface area (Å²) in [6, 6.07) is 18.0. The van der Waals surface area contributed by atoms with Crippen molar-refractivity contribution in [2.45, 2.75) is 25.7 Å². The highest BCUT2D eigenvalue weighted by molar-refractivity contribution is 7.92. The van der Waals surface area contributed by atoms with E-state index in [0.717, 1.165) is 5.56 Å². The van der Waals surface area contributed by atoms with E-state index in [1.54, 1.807) is 55.5 Å². The molecule has 0 fully saturated rings. The molecule has 2 N–H and O–H groups in total. The average molecular weight is 423 g/mol. The minimum absolute atomic E-state index is 0.0215. The Hall–Kier alpha value is -3.45. The van der Waals surface area contributed by atoms with Gasteiger partial charge >= 0.3 is 0 Å². The van der Waals surface area contributed by atoms with E-state index >= 15 is 0 Å². The first-order chi connectivity index (χ1) is 14.2. The molecule has 0 aliphatic rings. The first-order valence-corrected chi connectivity index (χ1v) is 10.8. The summed E-state index contributed by atoms with van der Waals surface area (Å²) in [5.41, 5.74) is 3.10. The second kappa shape index (κ2) is 8.51. The van der Waals surface area contributed by atoms with Gasteiger partial charge in [-0.3, -0.25) is 14.3 Å². The number of hydrogen-bond acceptors (Lipinski definition) is 4. The van der Waals surface area contributed by atoms with Gasteiger partial charge in [0, 0.05) is 22.5 Å². The van der Waals surface area contributed by atoms with E-state index in [4.69, 9.17) is 0 Å². The van der Waals surface area contributed by atoms with Gasteiger partial charge in [0.15, 0.2) is 5.78 Å². The Balaban J connectivity index is 1.87. The summed E-state index contributed by atoms with van der Waals surface area (Å²) < 4.78 is 28.3. The SMILES string of the molecule is CC(=O)c1cccc(NC(=O)c2ccc(C)c(S(=O)(=O)Nc3ccc(C)cc3)c2)c1. The van der Waals surface area contributed by atoms with E-state index in [1.807, 2.05) is 19.1 Å². The zero-order chi connectivity index (χ0) is 21.9. The summed E-state index contributed by atoms with van der Waals surface area (Å²) >= 11 is 0. The van der Waals surface area contributed by atoms with Gasteiger partial charge in [0.2, 0.25) is 0 Å². The lowest BCUT2D eigenvalue weighted by Gasteiger charge is -2.13. The van der Waals surface area contributed by atoms with Crippen molar-refractivity contribution in [1.82, 2.24) is 0 Å². The van der Waals surface area contributed by atoms with Gasteiger partial charge in [-0.1, -0.05) is 35.9 Å². The van der Waals surface area contributed by atoms with Gasteiger partial charge in [0.05, 0.1) is 4.90 Å². The smallest absolute Gasteiger partial charge is 0.262 e. The number of benzene rings is 3. The maximum atomic E-state index is 12.9. The number of sulfonamides is 1. The molecule has 0 aromatic heterocycles.